The molecule has 0 bridgehead atoms. The van der Waals surface area contributed by atoms with Gasteiger partial charge in [-0.3, -0.25) is 4.90 Å². The third-order valence-electron chi connectivity index (χ3n) is 3.80. The highest BCUT2D eigenvalue weighted by Crippen LogP contribution is 2.29. The lowest BCUT2D eigenvalue weighted by Gasteiger charge is -2.15. The summed E-state index contributed by atoms with van der Waals surface area (Å²) in [5.41, 5.74) is 8.45. The first-order chi connectivity index (χ1) is 9.76. The van der Waals surface area contributed by atoms with Crippen molar-refractivity contribution in [1.82, 2.24) is 4.90 Å². The molecule has 2 aromatic rings. The van der Waals surface area contributed by atoms with E-state index in [1.807, 2.05) is 23.6 Å². The van der Waals surface area contributed by atoms with Crippen LogP contribution >= 0.6 is 11.3 Å². The molecule has 0 radical (unpaired) electrons. The van der Waals surface area contributed by atoms with Gasteiger partial charge in [-0.2, -0.15) is 0 Å². The Bertz CT molecular complexity index is 588. The lowest BCUT2D eigenvalue weighted by molar-refractivity contribution is 0.331. The second-order valence-corrected chi connectivity index (χ2v) is 6.30. The van der Waals surface area contributed by atoms with Gasteiger partial charge in [0.1, 0.15) is 5.82 Å². The summed E-state index contributed by atoms with van der Waals surface area (Å²) in [5, 5.41) is 1.99. The van der Waals surface area contributed by atoms with Crippen molar-refractivity contribution in [2.45, 2.75) is 25.9 Å². The van der Waals surface area contributed by atoms with Crippen molar-refractivity contribution in [3.63, 3.8) is 0 Å². The quantitative estimate of drug-likeness (QED) is 0.932. The number of hydrogen-bond donors (Lipinski definition) is 1. The molecule has 0 atom stereocenters. The lowest BCUT2D eigenvalue weighted by Crippen LogP contribution is -2.18. The lowest BCUT2D eigenvalue weighted by atomic mass is 10.0. The molecule has 2 N–H and O–H groups in total. The van der Waals surface area contributed by atoms with E-state index in [1.54, 1.807) is 17.4 Å². The van der Waals surface area contributed by atoms with E-state index < -0.39 is 0 Å². The predicted octanol–water partition coefficient (Wildman–Crippen LogP) is 3.61. The minimum atomic E-state index is -0.156. The van der Waals surface area contributed by atoms with Crippen molar-refractivity contribution in [2.24, 2.45) is 5.73 Å². The maximum Gasteiger partial charge on any atom is 0.131 e. The van der Waals surface area contributed by atoms with E-state index in [1.165, 1.54) is 18.4 Å². The average Bonchev–Trinajstić information content (AvgIpc) is 3.12. The molecule has 4 heteroatoms. The summed E-state index contributed by atoms with van der Waals surface area (Å²) in [5.74, 6) is -0.156. The Morgan fingerprint density at radius 3 is 2.70 bits per heavy atom. The summed E-state index contributed by atoms with van der Waals surface area (Å²) in [4.78, 5) is 3.51. The van der Waals surface area contributed by atoms with E-state index in [9.17, 15) is 4.39 Å². The van der Waals surface area contributed by atoms with Gasteiger partial charge in [-0.1, -0.05) is 6.07 Å². The minimum absolute atomic E-state index is 0.156. The monoisotopic (exact) mass is 290 g/mol. The molecule has 2 heterocycles. The molecule has 1 aliphatic heterocycles. The number of benzene rings is 1. The number of nitrogens with two attached hydrogens (primary N) is 1. The Balaban J connectivity index is 1.85. The van der Waals surface area contributed by atoms with Gasteiger partial charge in [-0.05, 0) is 60.6 Å². The standard InChI is InChI=1S/C16H19FN2S/c17-16-4-3-12(10-19-5-1-2-6-19)7-15(16)13-8-14(9-18)20-11-13/h3-4,7-8,11H,1-2,5-6,9-10,18H2. The predicted molar refractivity (Wildman–Crippen MR) is 82.1 cm³/mol. The number of hydrogen-bond acceptors (Lipinski definition) is 3. The van der Waals surface area contributed by atoms with E-state index >= 15 is 0 Å². The van der Waals surface area contributed by atoms with Crippen LogP contribution in [0, 0.1) is 5.82 Å². The number of halogens is 1. The molecule has 0 aliphatic carbocycles. The van der Waals surface area contributed by atoms with Crippen LogP contribution in [0.25, 0.3) is 11.1 Å². The third kappa shape index (κ3) is 2.92. The van der Waals surface area contributed by atoms with Gasteiger partial charge in [-0.15, -0.1) is 11.3 Å². The van der Waals surface area contributed by atoms with Crippen molar-refractivity contribution < 1.29 is 4.39 Å². The number of likely N-dealkylation sites (tertiary alicyclic amines) is 1. The third-order valence-corrected chi connectivity index (χ3v) is 4.76. The molecule has 106 valence electrons. The van der Waals surface area contributed by atoms with E-state index in [0.29, 0.717) is 12.1 Å². The molecule has 2 nitrogen and oxygen atoms in total. The van der Waals surface area contributed by atoms with E-state index in [0.717, 1.165) is 30.1 Å². The zero-order valence-electron chi connectivity index (χ0n) is 11.4. The molecule has 1 aromatic heterocycles. The number of rotatable bonds is 4. The highest BCUT2D eigenvalue weighted by Gasteiger charge is 2.14. The van der Waals surface area contributed by atoms with Crippen LogP contribution in [0.1, 0.15) is 23.3 Å². The molecule has 20 heavy (non-hydrogen) atoms. The maximum atomic E-state index is 14.0. The minimum Gasteiger partial charge on any atom is -0.326 e. The van der Waals surface area contributed by atoms with E-state index in [2.05, 4.69) is 4.90 Å². The van der Waals surface area contributed by atoms with Gasteiger partial charge in [0.15, 0.2) is 0 Å². The molecule has 1 saturated heterocycles. The normalized spacial score (nSPS) is 15.9. The van der Waals surface area contributed by atoms with E-state index in [-0.39, 0.29) is 5.82 Å². The molecular weight excluding hydrogens is 271 g/mol. The summed E-state index contributed by atoms with van der Waals surface area (Å²) < 4.78 is 14.0. The molecule has 0 amide bonds. The fraction of sp³-hybridized carbons (Fsp3) is 0.375. The molecular formula is C16H19FN2S. The fourth-order valence-corrected chi connectivity index (χ4v) is 3.48. The smallest absolute Gasteiger partial charge is 0.131 e. The highest BCUT2D eigenvalue weighted by atomic mass is 32.1. The Morgan fingerprint density at radius 1 is 1.20 bits per heavy atom. The highest BCUT2D eigenvalue weighted by molar-refractivity contribution is 7.10. The van der Waals surface area contributed by atoms with Crippen molar-refractivity contribution in [1.29, 1.82) is 0 Å². The van der Waals surface area contributed by atoms with Crippen LogP contribution in [0.15, 0.2) is 29.6 Å². The molecule has 1 aliphatic rings. The van der Waals surface area contributed by atoms with Gasteiger partial charge in [-0.25, -0.2) is 4.39 Å². The first kappa shape index (κ1) is 13.7. The largest absolute Gasteiger partial charge is 0.326 e. The topological polar surface area (TPSA) is 29.3 Å². The van der Waals surface area contributed by atoms with Crippen LogP contribution in [0.4, 0.5) is 4.39 Å². The first-order valence-corrected chi connectivity index (χ1v) is 7.93. The Kier molecular flexibility index (Phi) is 4.15. The van der Waals surface area contributed by atoms with Gasteiger partial charge in [0.25, 0.3) is 0 Å². The fourth-order valence-electron chi connectivity index (χ4n) is 2.72. The van der Waals surface area contributed by atoms with Gasteiger partial charge >= 0.3 is 0 Å². The van der Waals surface area contributed by atoms with Crippen LogP contribution in [-0.4, -0.2) is 18.0 Å². The van der Waals surface area contributed by atoms with Gasteiger partial charge < -0.3 is 5.73 Å². The first-order valence-electron chi connectivity index (χ1n) is 7.05. The maximum absolute atomic E-state index is 14.0. The van der Waals surface area contributed by atoms with Gasteiger partial charge in [0, 0.05) is 23.5 Å². The molecule has 1 fully saturated rings. The zero-order chi connectivity index (χ0) is 13.9. The summed E-state index contributed by atoms with van der Waals surface area (Å²) in [6, 6.07) is 7.45. The van der Waals surface area contributed by atoms with Crippen molar-refractivity contribution in [3.8, 4) is 11.1 Å². The van der Waals surface area contributed by atoms with Crippen LogP contribution in [0.2, 0.25) is 0 Å². The van der Waals surface area contributed by atoms with Crippen LogP contribution in [-0.2, 0) is 13.1 Å². The molecule has 1 aromatic carbocycles. The van der Waals surface area contributed by atoms with Gasteiger partial charge in [0.05, 0.1) is 0 Å². The zero-order valence-corrected chi connectivity index (χ0v) is 12.3. The Labute approximate surface area is 123 Å². The van der Waals surface area contributed by atoms with Crippen LogP contribution in [0.5, 0.6) is 0 Å². The van der Waals surface area contributed by atoms with E-state index in [4.69, 9.17) is 5.73 Å². The Hall–Kier alpha value is -1.23. The molecule has 0 spiro atoms. The number of thiophene rings is 1. The van der Waals surface area contributed by atoms with Crippen LogP contribution in [0.3, 0.4) is 0 Å². The molecule has 0 unspecified atom stereocenters. The van der Waals surface area contributed by atoms with Crippen molar-refractivity contribution in [3.05, 3.63) is 45.9 Å². The van der Waals surface area contributed by atoms with Gasteiger partial charge in [0.2, 0.25) is 0 Å². The second kappa shape index (κ2) is 6.04. The van der Waals surface area contributed by atoms with Crippen LogP contribution < -0.4 is 5.73 Å². The van der Waals surface area contributed by atoms with Crippen molar-refractivity contribution in [2.75, 3.05) is 13.1 Å². The summed E-state index contributed by atoms with van der Waals surface area (Å²) >= 11 is 1.59. The number of nitrogens with zero attached hydrogens (tertiary/aromatic N) is 1. The summed E-state index contributed by atoms with van der Waals surface area (Å²) in [6.45, 7) is 3.74. The van der Waals surface area contributed by atoms with Crippen molar-refractivity contribution >= 4 is 11.3 Å². The molecule has 0 saturated carbocycles. The second-order valence-electron chi connectivity index (χ2n) is 5.30. The Morgan fingerprint density at radius 2 is 2.00 bits per heavy atom. The molecule has 3 rings (SSSR count). The summed E-state index contributed by atoms with van der Waals surface area (Å²) in [6.07, 6.45) is 2.55. The average molecular weight is 290 g/mol. The summed E-state index contributed by atoms with van der Waals surface area (Å²) in [7, 11) is 0. The SMILES string of the molecule is NCc1cc(-c2cc(CN3CCCC3)ccc2F)cs1.